The van der Waals surface area contributed by atoms with E-state index in [0.717, 1.165) is 0 Å². The minimum absolute atomic E-state index is 0.124. The highest BCUT2D eigenvalue weighted by Gasteiger charge is 2.42. The van der Waals surface area contributed by atoms with Crippen LogP contribution in [-0.2, 0) is 0 Å². The number of hydrogen-bond acceptors (Lipinski definition) is 4. The maximum Gasteiger partial charge on any atom is 0.393 e. The van der Waals surface area contributed by atoms with Crippen LogP contribution in [0.15, 0.2) is 10.7 Å². The van der Waals surface area contributed by atoms with Gasteiger partial charge in [-0.1, -0.05) is 0 Å². The average molecular weight is 335 g/mol. The van der Waals surface area contributed by atoms with Crippen LogP contribution in [-0.4, -0.2) is 29.2 Å². The molecule has 1 atom stereocenters. The monoisotopic (exact) mass is 334 g/mol. The molecule has 0 amide bonds. The maximum atomic E-state index is 12.7. The Kier molecular flexibility index (Phi) is 3.94. The van der Waals surface area contributed by atoms with E-state index >= 15 is 0 Å². The van der Waals surface area contributed by atoms with Crippen molar-refractivity contribution in [3.63, 3.8) is 0 Å². The molecular weight excluding hydrogens is 325 g/mol. The predicted molar refractivity (Wildman–Crippen MR) is 65.4 cm³/mol. The van der Waals surface area contributed by atoms with Crippen molar-refractivity contribution in [2.24, 2.45) is 5.92 Å². The number of anilines is 1. The molecule has 0 saturated carbocycles. The number of halogens is 4. The van der Waals surface area contributed by atoms with Gasteiger partial charge in [0.05, 0.1) is 10.4 Å². The molecule has 8 heteroatoms. The summed E-state index contributed by atoms with van der Waals surface area (Å²) in [6.07, 6.45) is -2.25. The number of piperidine rings is 1. The second-order valence-corrected chi connectivity index (χ2v) is 5.16. The topological polar surface area (TPSA) is 52.8 Å². The Hall–Kier alpha value is -1.36. The summed E-state index contributed by atoms with van der Waals surface area (Å²) < 4.78 is 38.6. The average Bonchev–Trinajstić information content (AvgIpc) is 2.38. The van der Waals surface area contributed by atoms with Crippen molar-refractivity contribution in [2.45, 2.75) is 19.0 Å². The number of hydrogen-bond donors (Lipinski definition) is 0. The highest BCUT2D eigenvalue weighted by atomic mass is 79.9. The number of alkyl halides is 3. The number of aromatic nitrogens is 2. The van der Waals surface area contributed by atoms with E-state index in [1.54, 1.807) is 0 Å². The second-order valence-electron chi connectivity index (χ2n) is 4.31. The molecular formula is C11H10BrF3N4. The Morgan fingerprint density at radius 1 is 1.47 bits per heavy atom. The van der Waals surface area contributed by atoms with Crippen molar-refractivity contribution in [3.05, 3.63) is 16.4 Å². The zero-order valence-corrected chi connectivity index (χ0v) is 11.4. The lowest BCUT2D eigenvalue weighted by molar-refractivity contribution is -0.176. The van der Waals surface area contributed by atoms with Crippen LogP contribution in [0.25, 0.3) is 0 Å². The fourth-order valence-electron chi connectivity index (χ4n) is 2.01. The molecule has 1 aromatic rings. The molecule has 4 nitrogen and oxygen atoms in total. The molecule has 2 rings (SSSR count). The summed E-state index contributed by atoms with van der Waals surface area (Å²) in [5.74, 6) is -1.19. The molecule has 102 valence electrons. The van der Waals surface area contributed by atoms with Crippen molar-refractivity contribution in [3.8, 4) is 6.07 Å². The minimum Gasteiger partial charge on any atom is -0.340 e. The van der Waals surface area contributed by atoms with Gasteiger partial charge in [0.2, 0.25) is 5.95 Å². The minimum atomic E-state index is -4.20. The maximum absolute atomic E-state index is 12.7. The van der Waals surface area contributed by atoms with Gasteiger partial charge in [-0.05, 0) is 28.8 Å². The van der Waals surface area contributed by atoms with E-state index in [4.69, 9.17) is 5.26 Å². The molecule has 2 heterocycles. The van der Waals surface area contributed by atoms with Crippen LogP contribution in [0.5, 0.6) is 0 Å². The van der Waals surface area contributed by atoms with Crippen LogP contribution >= 0.6 is 15.9 Å². The molecule has 1 aliphatic heterocycles. The summed E-state index contributed by atoms with van der Waals surface area (Å²) in [5, 5.41) is 8.85. The zero-order valence-electron chi connectivity index (χ0n) is 9.78. The third-order valence-electron chi connectivity index (χ3n) is 3.00. The van der Waals surface area contributed by atoms with Crippen LogP contribution in [0.2, 0.25) is 0 Å². The Balaban J connectivity index is 2.20. The number of rotatable bonds is 1. The van der Waals surface area contributed by atoms with E-state index < -0.39 is 12.1 Å². The smallest absolute Gasteiger partial charge is 0.340 e. The molecule has 0 bridgehead atoms. The SMILES string of the molecule is N#Cc1nc(N2CCCC(C(F)(F)F)C2)ncc1Br. The van der Waals surface area contributed by atoms with Gasteiger partial charge in [-0.25, -0.2) is 9.97 Å². The largest absolute Gasteiger partial charge is 0.393 e. The predicted octanol–water partition coefficient (Wildman–Crippen LogP) is 2.89. The normalized spacial score (nSPS) is 20.2. The van der Waals surface area contributed by atoms with Gasteiger partial charge in [0, 0.05) is 19.3 Å². The standard InChI is InChI=1S/C11H10BrF3N4/c12-8-5-17-10(18-9(8)4-16)19-3-1-2-7(6-19)11(13,14)15/h5,7H,1-3,6H2. The fourth-order valence-corrected chi connectivity index (χ4v) is 2.29. The van der Waals surface area contributed by atoms with E-state index in [2.05, 4.69) is 25.9 Å². The van der Waals surface area contributed by atoms with Gasteiger partial charge in [-0.3, -0.25) is 0 Å². The first kappa shape index (κ1) is 14.1. The molecule has 1 fully saturated rings. The second kappa shape index (κ2) is 5.33. The van der Waals surface area contributed by atoms with E-state index in [1.165, 1.54) is 11.1 Å². The van der Waals surface area contributed by atoms with Gasteiger partial charge in [-0.2, -0.15) is 18.4 Å². The Morgan fingerprint density at radius 2 is 2.21 bits per heavy atom. The third-order valence-corrected chi connectivity index (χ3v) is 3.58. The molecule has 1 aliphatic rings. The van der Waals surface area contributed by atoms with E-state index in [1.807, 2.05) is 6.07 Å². The molecule has 0 spiro atoms. The summed E-state index contributed by atoms with van der Waals surface area (Å²) in [5.41, 5.74) is 0.124. The summed E-state index contributed by atoms with van der Waals surface area (Å²) >= 11 is 3.11. The van der Waals surface area contributed by atoms with Gasteiger partial charge >= 0.3 is 6.18 Å². The van der Waals surface area contributed by atoms with Crippen LogP contribution < -0.4 is 4.90 Å². The first-order valence-electron chi connectivity index (χ1n) is 5.66. The number of nitriles is 1. The molecule has 1 aromatic heterocycles. The molecule has 1 unspecified atom stereocenters. The summed E-state index contributed by atoms with van der Waals surface area (Å²) in [4.78, 5) is 9.43. The van der Waals surface area contributed by atoms with Gasteiger partial charge in [-0.15, -0.1) is 0 Å². The molecule has 0 N–H and O–H groups in total. The van der Waals surface area contributed by atoms with Crippen LogP contribution in [0.1, 0.15) is 18.5 Å². The quantitative estimate of drug-likeness (QED) is 0.792. The van der Waals surface area contributed by atoms with Gasteiger partial charge in [0.1, 0.15) is 6.07 Å². The van der Waals surface area contributed by atoms with E-state index in [-0.39, 0.29) is 24.6 Å². The van der Waals surface area contributed by atoms with Crippen molar-refractivity contribution < 1.29 is 13.2 Å². The Labute approximate surface area is 116 Å². The lowest BCUT2D eigenvalue weighted by atomic mass is 9.98. The van der Waals surface area contributed by atoms with Crippen molar-refractivity contribution in [1.29, 1.82) is 5.26 Å². The summed E-state index contributed by atoms with van der Waals surface area (Å²) in [7, 11) is 0. The van der Waals surface area contributed by atoms with E-state index in [9.17, 15) is 13.2 Å². The van der Waals surface area contributed by atoms with Crippen molar-refractivity contribution >= 4 is 21.9 Å². The van der Waals surface area contributed by atoms with Crippen LogP contribution in [0.3, 0.4) is 0 Å². The Morgan fingerprint density at radius 3 is 2.84 bits per heavy atom. The lowest BCUT2D eigenvalue weighted by Gasteiger charge is -2.33. The fraction of sp³-hybridized carbons (Fsp3) is 0.545. The van der Waals surface area contributed by atoms with Gasteiger partial charge in [0.15, 0.2) is 5.69 Å². The third kappa shape index (κ3) is 3.15. The van der Waals surface area contributed by atoms with Gasteiger partial charge in [0.25, 0.3) is 0 Å². The molecule has 0 aliphatic carbocycles. The molecule has 0 aromatic carbocycles. The highest BCUT2D eigenvalue weighted by Crippen LogP contribution is 2.34. The summed E-state index contributed by atoms with van der Waals surface area (Å²) in [6.45, 7) is 0.315. The molecule has 0 radical (unpaired) electrons. The zero-order chi connectivity index (χ0) is 14.0. The summed E-state index contributed by atoms with van der Waals surface area (Å²) in [6, 6.07) is 1.87. The van der Waals surface area contributed by atoms with Gasteiger partial charge < -0.3 is 4.90 Å². The van der Waals surface area contributed by atoms with Crippen molar-refractivity contribution in [1.82, 2.24) is 9.97 Å². The first-order valence-corrected chi connectivity index (χ1v) is 6.45. The van der Waals surface area contributed by atoms with Crippen LogP contribution in [0, 0.1) is 17.2 Å². The van der Waals surface area contributed by atoms with Crippen molar-refractivity contribution in [2.75, 3.05) is 18.0 Å². The van der Waals surface area contributed by atoms with E-state index in [0.29, 0.717) is 17.4 Å². The Bertz CT molecular complexity index is 512. The first-order chi connectivity index (χ1) is 8.91. The molecule has 1 saturated heterocycles. The molecule has 19 heavy (non-hydrogen) atoms. The van der Waals surface area contributed by atoms with Crippen LogP contribution in [0.4, 0.5) is 19.1 Å². The highest BCUT2D eigenvalue weighted by molar-refractivity contribution is 9.10. The number of nitrogens with zero attached hydrogens (tertiary/aromatic N) is 4. The lowest BCUT2D eigenvalue weighted by Crippen LogP contribution is -2.42.